The summed E-state index contributed by atoms with van der Waals surface area (Å²) in [7, 11) is -4.67. The molecule has 16 N–H and O–H groups in total. The summed E-state index contributed by atoms with van der Waals surface area (Å²) in [6.07, 6.45) is 0. The third-order valence-electron chi connectivity index (χ3n) is 0.539. The molecule has 112 valence electrons. The van der Waals surface area contributed by atoms with Gasteiger partial charge in [0, 0.05) is 0 Å². The first kappa shape index (κ1) is 21.6. The van der Waals surface area contributed by atoms with Crippen LogP contribution in [0.1, 0.15) is 0 Å². The van der Waals surface area contributed by atoms with Crippen molar-refractivity contribution >= 4 is 34.2 Å². The van der Waals surface area contributed by atoms with Gasteiger partial charge in [-0.3, -0.25) is 41.4 Å². The molecule has 0 rings (SSSR count). The first-order valence-electron chi connectivity index (χ1n) is 3.85. The molecule has 0 saturated heterocycles. The maximum Gasteiger partial charge on any atom is 0.394 e. The molecule has 0 aliphatic carbocycles. The molecule has 0 saturated carbocycles. The zero-order chi connectivity index (χ0) is 16.2. The Hall–Kier alpha value is -2.65. The minimum atomic E-state index is -4.67. The Bertz CT molecular complexity index is 371. The van der Waals surface area contributed by atoms with Crippen LogP contribution in [0.3, 0.4) is 0 Å². The maximum atomic E-state index is 8.74. The Morgan fingerprint density at radius 1 is 0.737 bits per heavy atom. The molecular formula is C4H16N10O4S. The van der Waals surface area contributed by atoms with E-state index in [4.69, 9.17) is 62.1 Å². The zero-order valence-corrected chi connectivity index (χ0v) is 10.2. The lowest BCUT2D eigenvalue weighted by Crippen LogP contribution is -2.39. The molecule has 0 bridgehead atoms. The predicted octanol–water partition coefficient (Wildman–Crippen LogP) is -3.93. The molecule has 0 aliphatic heterocycles. The van der Waals surface area contributed by atoms with Crippen molar-refractivity contribution in [3.8, 4) is 0 Å². The van der Waals surface area contributed by atoms with E-state index in [1.807, 2.05) is 10.6 Å². The van der Waals surface area contributed by atoms with Crippen LogP contribution in [-0.2, 0) is 10.4 Å². The predicted molar refractivity (Wildman–Crippen MR) is 68.1 cm³/mol. The van der Waals surface area contributed by atoms with Crippen LogP contribution in [0, 0.1) is 21.6 Å². The molecule has 0 amide bonds. The topological polar surface area (TPSA) is 298 Å². The number of guanidine groups is 4. The Balaban J connectivity index is -0.000000206. The van der Waals surface area contributed by atoms with Gasteiger partial charge in [-0.25, -0.2) is 0 Å². The molecule has 0 unspecified atom stereocenters. The summed E-state index contributed by atoms with van der Waals surface area (Å²) in [5, 5.41) is 29.9. The molecule has 0 atom stereocenters. The van der Waals surface area contributed by atoms with Crippen LogP contribution in [0.2, 0.25) is 0 Å². The molecule has 0 aromatic heterocycles. The minimum absolute atomic E-state index is 0.312. The first-order valence-corrected chi connectivity index (χ1v) is 5.25. The van der Waals surface area contributed by atoms with Crippen molar-refractivity contribution in [2.75, 3.05) is 0 Å². The second-order valence-electron chi connectivity index (χ2n) is 2.35. The second kappa shape index (κ2) is 10.5. The number of rotatable bonds is 0. The molecule has 15 heteroatoms. The van der Waals surface area contributed by atoms with Crippen molar-refractivity contribution in [2.24, 2.45) is 22.9 Å². The average Bonchev–Trinajstić information content (AvgIpc) is 1.93. The highest BCUT2D eigenvalue weighted by molar-refractivity contribution is 7.79. The van der Waals surface area contributed by atoms with E-state index in [9.17, 15) is 0 Å². The molecule has 0 radical (unpaired) electrons. The lowest BCUT2D eigenvalue weighted by molar-refractivity contribution is 0.381. The van der Waals surface area contributed by atoms with E-state index in [-0.39, 0.29) is 23.8 Å². The van der Waals surface area contributed by atoms with Crippen molar-refractivity contribution in [2.45, 2.75) is 0 Å². The van der Waals surface area contributed by atoms with Crippen molar-refractivity contribution in [1.82, 2.24) is 10.6 Å². The SMILES string of the molecule is N=C(N)NC(=N)N.N=C(N)NC(=N)N.O=S(=O)(O)O. The van der Waals surface area contributed by atoms with Crippen molar-refractivity contribution in [1.29, 1.82) is 21.6 Å². The largest absolute Gasteiger partial charge is 0.394 e. The van der Waals surface area contributed by atoms with Crippen molar-refractivity contribution in [3.05, 3.63) is 0 Å². The standard InChI is InChI=1S/2C2H7N5.H2O4S/c2*3-1(4)7-2(5)6;1-5(2,3)4/h2*(H7,3,4,5,6,7);(H2,1,2,3,4). The highest BCUT2D eigenvalue weighted by Crippen LogP contribution is 1.59. The summed E-state index contributed by atoms with van der Waals surface area (Å²) in [5.74, 6) is -1.25. The first-order chi connectivity index (χ1) is 8.25. The number of hydrogen-bond donors (Lipinski definition) is 12. The van der Waals surface area contributed by atoms with Crippen LogP contribution < -0.4 is 33.6 Å². The fraction of sp³-hybridized carbons (Fsp3) is 0. The Labute approximate surface area is 108 Å². The van der Waals surface area contributed by atoms with Gasteiger partial charge in [-0.05, 0) is 0 Å². The van der Waals surface area contributed by atoms with Crippen LogP contribution in [-0.4, -0.2) is 41.4 Å². The Kier molecular flexibility index (Phi) is 11.9. The van der Waals surface area contributed by atoms with Crippen LogP contribution in [0.15, 0.2) is 0 Å². The molecule has 0 heterocycles. The van der Waals surface area contributed by atoms with Gasteiger partial charge < -0.3 is 22.9 Å². The van der Waals surface area contributed by atoms with Crippen LogP contribution in [0.4, 0.5) is 0 Å². The summed E-state index contributed by atoms with van der Waals surface area (Å²) in [5.41, 5.74) is 19.0. The summed E-state index contributed by atoms with van der Waals surface area (Å²) in [6.45, 7) is 0. The van der Waals surface area contributed by atoms with Gasteiger partial charge >= 0.3 is 10.4 Å². The molecule has 19 heavy (non-hydrogen) atoms. The van der Waals surface area contributed by atoms with E-state index in [0.29, 0.717) is 0 Å². The monoisotopic (exact) mass is 300 g/mol. The van der Waals surface area contributed by atoms with E-state index < -0.39 is 10.4 Å². The fourth-order valence-electron chi connectivity index (χ4n) is 0.290. The molecule has 0 aromatic rings. The van der Waals surface area contributed by atoms with Gasteiger partial charge in [-0.1, -0.05) is 0 Å². The Morgan fingerprint density at radius 3 is 0.842 bits per heavy atom. The average molecular weight is 300 g/mol. The van der Waals surface area contributed by atoms with E-state index in [1.54, 1.807) is 0 Å². The molecule has 14 nitrogen and oxygen atoms in total. The number of nitrogens with two attached hydrogens (primary N) is 4. The fourth-order valence-corrected chi connectivity index (χ4v) is 0.290. The van der Waals surface area contributed by atoms with Crippen LogP contribution in [0.5, 0.6) is 0 Å². The summed E-state index contributed by atoms with van der Waals surface area (Å²) < 4.78 is 31.6. The molecule has 0 aromatic carbocycles. The van der Waals surface area contributed by atoms with Gasteiger partial charge in [0.2, 0.25) is 0 Å². The van der Waals surface area contributed by atoms with Gasteiger partial charge in [0.1, 0.15) is 0 Å². The van der Waals surface area contributed by atoms with Gasteiger partial charge in [-0.2, -0.15) is 8.42 Å². The van der Waals surface area contributed by atoms with Crippen molar-refractivity contribution < 1.29 is 17.5 Å². The van der Waals surface area contributed by atoms with Crippen LogP contribution in [0.25, 0.3) is 0 Å². The van der Waals surface area contributed by atoms with E-state index in [1.165, 1.54) is 0 Å². The highest BCUT2D eigenvalue weighted by Gasteiger charge is 1.85. The van der Waals surface area contributed by atoms with Crippen molar-refractivity contribution in [3.63, 3.8) is 0 Å². The van der Waals surface area contributed by atoms with Gasteiger partial charge in [0.05, 0.1) is 0 Å². The maximum absolute atomic E-state index is 8.74. The van der Waals surface area contributed by atoms with E-state index in [2.05, 4.69) is 0 Å². The lowest BCUT2D eigenvalue weighted by Gasteiger charge is -1.95. The molecule has 0 fully saturated rings. The number of hydrogen-bond acceptors (Lipinski definition) is 6. The molecular weight excluding hydrogens is 284 g/mol. The van der Waals surface area contributed by atoms with Gasteiger partial charge in [0.15, 0.2) is 23.8 Å². The Morgan fingerprint density at radius 2 is 0.842 bits per heavy atom. The highest BCUT2D eigenvalue weighted by atomic mass is 32.3. The third kappa shape index (κ3) is 95.6. The van der Waals surface area contributed by atoms with Gasteiger partial charge in [0.25, 0.3) is 0 Å². The van der Waals surface area contributed by atoms with Crippen LogP contribution >= 0.6 is 0 Å². The molecule has 0 aliphatic rings. The normalized spacial score (nSPS) is 8.53. The zero-order valence-electron chi connectivity index (χ0n) is 9.43. The number of nitrogens with one attached hydrogen (secondary N) is 6. The quantitative estimate of drug-likeness (QED) is 0.117. The summed E-state index contributed by atoms with van der Waals surface area (Å²) in [4.78, 5) is 0. The minimum Gasteiger partial charge on any atom is -0.370 e. The molecule has 0 spiro atoms. The summed E-state index contributed by atoms with van der Waals surface area (Å²) in [6, 6.07) is 0. The van der Waals surface area contributed by atoms with Gasteiger partial charge in [-0.15, -0.1) is 0 Å². The van der Waals surface area contributed by atoms with E-state index in [0.717, 1.165) is 0 Å². The smallest absolute Gasteiger partial charge is 0.370 e. The third-order valence-corrected chi connectivity index (χ3v) is 0.539. The lowest BCUT2D eigenvalue weighted by atomic mass is 10.9. The summed E-state index contributed by atoms with van der Waals surface area (Å²) >= 11 is 0. The van der Waals surface area contributed by atoms with E-state index >= 15 is 0 Å². The second-order valence-corrected chi connectivity index (χ2v) is 3.25.